The van der Waals surface area contributed by atoms with E-state index >= 15 is 0 Å². The number of carbonyl (C=O) groups excluding carboxylic acids is 1. The number of hydrogen-bond donors (Lipinski definition) is 1. The van der Waals surface area contributed by atoms with E-state index in [1.54, 1.807) is 0 Å². The van der Waals surface area contributed by atoms with Crippen LogP contribution in [-0.2, 0) is 0 Å². The highest BCUT2D eigenvalue weighted by Gasteiger charge is 2.18. The summed E-state index contributed by atoms with van der Waals surface area (Å²) in [6, 6.07) is 5.92. The molecule has 0 saturated carbocycles. The fourth-order valence-electron chi connectivity index (χ4n) is 2.18. The molecule has 2 rings (SSSR count). The minimum absolute atomic E-state index is 0.178. The van der Waals surface area contributed by atoms with Gasteiger partial charge in [0, 0.05) is 37.1 Å². The van der Waals surface area contributed by atoms with Gasteiger partial charge in [-0.3, -0.25) is 4.79 Å². The molecule has 0 radical (unpaired) electrons. The minimum atomic E-state index is 0.178. The average Bonchev–Trinajstić information content (AvgIpc) is 2.66. The van der Waals surface area contributed by atoms with Crippen LogP contribution in [0.4, 0.5) is 5.69 Å². The Hall–Kier alpha value is -1.16. The SMILES string of the molecule is CNc1ccc(C(=O)N2CCCSCC2)c(C)c1. The summed E-state index contributed by atoms with van der Waals surface area (Å²) in [5, 5.41) is 3.10. The fourth-order valence-corrected chi connectivity index (χ4v) is 3.07. The zero-order valence-electron chi connectivity index (χ0n) is 11.0. The summed E-state index contributed by atoms with van der Waals surface area (Å²) in [6.07, 6.45) is 1.10. The summed E-state index contributed by atoms with van der Waals surface area (Å²) >= 11 is 1.94. The molecule has 0 atom stereocenters. The van der Waals surface area contributed by atoms with E-state index in [4.69, 9.17) is 0 Å². The number of hydrogen-bond acceptors (Lipinski definition) is 3. The predicted molar refractivity (Wildman–Crippen MR) is 78.6 cm³/mol. The Balaban J connectivity index is 2.16. The van der Waals surface area contributed by atoms with E-state index < -0.39 is 0 Å². The number of aryl methyl sites for hydroxylation is 1. The molecule has 1 aromatic rings. The molecule has 1 fully saturated rings. The normalized spacial score (nSPS) is 16.2. The van der Waals surface area contributed by atoms with Crippen molar-refractivity contribution in [3.05, 3.63) is 29.3 Å². The van der Waals surface area contributed by atoms with Crippen LogP contribution >= 0.6 is 11.8 Å². The molecule has 0 aromatic heterocycles. The van der Waals surface area contributed by atoms with Crippen LogP contribution in [0.5, 0.6) is 0 Å². The second kappa shape index (κ2) is 6.14. The second-order valence-corrected chi connectivity index (χ2v) is 5.76. The van der Waals surface area contributed by atoms with Crippen LogP contribution in [-0.4, -0.2) is 42.4 Å². The van der Waals surface area contributed by atoms with Crippen molar-refractivity contribution < 1.29 is 4.79 Å². The third-order valence-corrected chi connectivity index (χ3v) is 4.30. The van der Waals surface area contributed by atoms with E-state index in [0.717, 1.165) is 42.1 Å². The maximum atomic E-state index is 12.5. The van der Waals surface area contributed by atoms with Crippen LogP contribution in [0.1, 0.15) is 22.3 Å². The van der Waals surface area contributed by atoms with Crippen molar-refractivity contribution in [2.24, 2.45) is 0 Å². The van der Waals surface area contributed by atoms with Crippen molar-refractivity contribution in [3.63, 3.8) is 0 Å². The summed E-state index contributed by atoms with van der Waals surface area (Å²) in [5.41, 5.74) is 2.93. The average molecular weight is 264 g/mol. The highest BCUT2D eigenvalue weighted by molar-refractivity contribution is 7.99. The van der Waals surface area contributed by atoms with E-state index in [1.165, 1.54) is 5.75 Å². The summed E-state index contributed by atoms with van der Waals surface area (Å²) in [7, 11) is 1.89. The molecule has 4 heteroatoms. The van der Waals surface area contributed by atoms with Gasteiger partial charge in [0.05, 0.1) is 0 Å². The monoisotopic (exact) mass is 264 g/mol. The van der Waals surface area contributed by atoms with Crippen molar-refractivity contribution in [2.45, 2.75) is 13.3 Å². The molecule has 1 aromatic carbocycles. The van der Waals surface area contributed by atoms with Crippen LogP contribution in [0.25, 0.3) is 0 Å². The van der Waals surface area contributed by atoms with Gasteiger partial charge in [-0.2, -0.15) is 11.8 Å². The number of thioether (sulfide) groups is 1. The van der Waals surface area contributed by atoms with Gasteiger partial charge in [-0.05, 0) is 42.9 Å². The van der Waals surface area contributed by atoms with E-state index in [-0.39, 0.29) is 5.91 Å². The maximum absolute atomic E-state index is 12.5. The fraction of sp³-hybridized carbons (Fsp3) is 0.500. The first-order chi connectivity index (χ1) is 8.72. The molecular formula is C14H20N2OS. The van der Waals surface area contributed by atoms with Gasteiger partial charge >= 0.3 is 0 Å². The number of anilines is 1. The van der Waals surface area contributed by atoms with Crippen molar-refractivity contribution in [3.8, 4) is 0 Å². The molecule has 1 saturated heterocycles. The largest absolute Gasteiger partial charge is 0.388 e. The molecule has 3 nitrogen and oxygen atoms in total. The van der Waals surface area contributed by atoms with Crippen LogP contribution < -0.4 is 5.32 Å². The highest BCUT2D eigenvalue weighted by atomic mass is 32.2. The Kier molecular flexibility index (Phi) is 4.53. The molecule has 0 unspecified atom stereocenters. The first kappa shape index (κ1) is 13.3. The second-order valence-electron chi connectivity index (χ2n) is 4.54. The molecule has 1 aliphatic rings. The van der Waals surface area contributed by atoms with Crippen LogP contribution in [0.3, 0.4) is 0 Å². The Bertz CT molecular complexity index is 426. The van der Waals surface area contributed by atoms with Gasteiger partial charge in [-0.15, -0.1) is 0 Å². The lowest BCUT2D eigenvalue weighted by Gasteiger charge is -2.21. The predicted octanol–water partition coefficient (Wildman–Crippen LogP) is 2.62. The number of benzene rings is 1. The molecule has 1 N–H and O–H groups in total. The first-order valence-corrected chi connectivity index (χ1v) is 7.53. The molecule has 1 amide bonds. The van der Waals surface area contributed by atoms with Gasteiger partial charge in [-0.1, -0.05) is 0 Å². The van der Waals surface area contributed by atoms with E-state index in [1.807, 2.05) is 48.8 Å². The molecular weight excluding hydrogens is 244 g/mol. The lowest BCUT2D eigenvalue weighted by molar-refractivity contribution is 0.0768. The Labute approximate surface area is 113 Å². The van der Waals surface area contributed by atoms with Crippen molar-refractivity contribution in [1.29, 1.82) is 0 Å². The van der Waals surface area contributed by atoms with Gasteiger partial charge in [0.15, 0.2) is 0 Å². The smallest absolute Gasteiger partial charge is 0.254 e. The molecule has 1 heterocycles. The van der Waals surface area contributed by atoms with Crippen LogP contribution in [0, 0.1) is 6.92 Å². The molecule has 18 heavy (non-hydrogen) atoms. The molecule has 0 spiro atoms. The zero-order valence-corrected chi connectivity index (χ0v) is 11.8. The van der Waals surface area contributed by atoms with E-state index in [2.05, 4.69) is 5.32 Å². The third kappa shape index (κ3) is 2.99. The van der Waals surface area contributed by atoms with Gasteiger partial charge in [-0.25, -0.2) is 0 Å². The summed E-state index contributed by atoms with van der Waals surface area (Å²) < 4.78 is 0. The number of rotatable bonds is 2. The van der Waals surface area contributed by atoms with Crippen LogP contribution in [0.15, 0.2) is 18.2 Å². The Morgan fingerprint density at radius 3 is 2.89 bits per heavy atom. The quantitative estimate of drug-likeness (QED) is 0.891. The Morgan fingerprint density at radius 1 is 1.33 bits per heavy atom. The van der Waals surface area contributed by atoms with E-state index in [0.29, 0.717) is 0 Å². The van der Waals surface area contributed by atoms with Crippen molar-refractivity contribution in [1.82, 2.24) is 4.90 Å². The zero-order chi connectivity index (χ0) is 13.0. The number of carbonyl (C=O) groups is 1. The van der Waals surface area contributed by atoms with Crippen molar-refractivity contribution >= 4 is 23.4 Å². The van der Waals surface area contributed by atoms with Gasteiger partial charge in [0.2, 0.25) is 0 Å². The summed E-state index contributed by atoms with van der Waals surface area (Å²) in [6.45, 7) is 3.76. The van der Waals surface area contributed by atoms with Gasteiger partial charge < -0.3 is 10.2 Å². The number of nitrogens with one attached hydrogen (secondary N) is 1. The van der Waals surface area contributed by atoms with Gasteiger partial charge in [0.1, 0.15) is 0 Å². The molecule has 1 aliphatic heterocycles. The molecule has 0 aliphatic carbocycles. The lowest BCUT2D eigenvalue weighted by atomic mass is 10.1. The standard InChI is InChI=1S/C14H20N2OS/c1-11-10-12(15-2)4-5-13(11)14(17)16-6-3-8-18-9-7-16/h4-5,10,15H,3,6-9H2,1-2H3. The summed E-state index contributed by atoms with van der Waals surface area (Å²) in [4.78, 5) is 14.5. The van der Waals surface area contributed by atoms with Gasteiger partial charge in [0.25, 0.3) is 5.91 Å². The third-order valence-electron chi connectivity index (χ3n) is 3.25. The van der Waals surface area contributed by atoms with Crippen molar-refractivity contribution in [2.75, 3.05) is 37.0 Å². The van der Waals surface area contributed by atoms with Crippen LogP contribution in [0.2, 0.25) is 0 Å². The Morgan fingerprint density at radius 2 is 2.17 bits per heavy atom. The highest BCUT2D eigenvalue weighted by Crippen LogP contribution is 2.18. The van der Waals surface area contributed by atoms with E-state index in [9.17, 15) is 4.79 Å². The first-order valence-electron chi connectivity index (χ1n) is 6.38. The number of amides is 1. The number of nitrogens with zero attached hydrogens (tertiary/aromatic N) is 1. The molecule has 98 valence electrons. The summed E-state index contributed by atoms with van der Waals surface area (Å²) in [5.74, 6) is 2.40. The topological polar surface area (TPSA) is 32.3 Å². The lowest BCUT2D eigenvalue weighted by Crippen LogP contribution is -2.33. The molecule has 0 bridgehead atoms. The minimum Gasteiger partial charge on any atom is -0.388 e. The maximum Gasteiger partial charge on any atom is 0.254 e.